The quantitative estimate of drug-likeness (QED) is 0.806. The average molecular weight is 407 g/mol. The van der Waals surface area contributed by atoms with E-state index >= 15 is 0 Å². The fraction of sp³-hybridized carbons (Fsp3) is 0.455. The molecule has 0 radical (unpaired) electrons. The second-order valence-corrected chi connectivity index (χ2v) is 7.89. The first-order valence-corrected chi connectivity index (χ1v) is 10.3. The number of nitriles is 1. The van der Waals surface area contributed by atoms with E-state index < -0.39 is 17.7 Å². The van der Waals surface area contributed by atoms with Crippen molar-refractivity contribution >= 4 is 17.7 Å². The zero-order valence-electron chi connectivity index (χ0n) is 17.1. The van der Waals surface area contributed by atoms with Gasteiger partial charge in [0, 0.05) is 24.6 Å². The van der Waals surface area contributed by atoms with Crippen molar-refractivity contribution in [2.75, 3.05) is 29.9 Å². The van der Waals surface area contributed by atoms with Gasteiger partial charge in [-0.2, -0.15) is 10.2 Å². The molecule has 1 saturated heterocycles. The smallest absolute Gasteiger partial charge is 0.258 e. The number of piperidine rings is 1. The van der Waals surface area contributed by atoms with E-state index in [9.17, 15) is 14.9 Å². The number of aromatic amines is 1. The molecule has 1 aromatic carbocycles. The number of para-hydroxylation sites is 1. The molecular weight excluding hydrogens is 382 g/mol. The van der Waals surface area contributed by atoms with Crippen LogP contribution in [0.3, 0.4) is 0 Å². The third kappa shape index (κ3) is 3.52. The van der Waals surface area contributed by atoms with E-state index in [4.69, 9.17) is 4.74 Å². The minimum atomic E-state index is -1.05. The fourth-order valence-corrected chi connectivity index (χ4v) is 4.39. The maximum Gasteiger partial charge on any atom is 0.258 e. The average Bonchev–Trinajstić information content (AvgIpc) is 2.73. The molecule has 0 bridgehead atoms. The van der Waals surface area contributed by atoms with E-state index in [0.29, 0.717) is 35.3 Å². The highest BCUT2D eigenvalue weighted by molar-refractivity contribution is 5.98. The van der Waals surface area contributed by atoms with Crippen LogP contribution in [0.2, 0.25) is 0 Å². The molecule has 2 aliphatic heterocycles. The summed E-state index contributed by atoms with van der Waals surface area (Å²) in [6, 6.07) is 9.27. The standard InChI is InChI=1S/C22H25N5O3/c1-3-30-16-9-5-4-8-14(16)17-15(11-23)20(28)24-19-18(17)21(29)26-22(25-19)27-10-6-7-13(2)12-27/h4-5,8-9,13,15,17H,3,6-7,10,12H2,1-2H3,(H2,24,25,26,28,29). The lowest BCUT2D eigenvalue weighted by molar-refractivity contribution is -0.119. The zero-order valence-corrected chi connectivity index (χ0v) is 17.1. The number of nitrogens with one attached hydrogen (secondary N) is 2. The number of fused-ring (bicyclic) bond motifs is 1. The van der Waals surface area contributed by atoms with Gasteiger partial charge in [-0.3, -0.25) is 14.6 Å². The Hall–Kier alpha value is -3.34. The third-order valence-electron chi connectivity index (χ3n) is 5.76. The summed E-state index contributed by atoms with van der Waals surface area (Å²) in [6.07, 6.45) is 2.16. The molecule has 2 N–H and O–H groups in total. The molecule has 2 aromatic rings. The van der Waals surface area contributed by atoms with E-state index in [1.807, 2.05) is 24.0 Å². The van der Waals surface area contributed by atoms with Crippen molar-refractivity contribution in [3.05, 3.63) is 45.7 Å². The van der Waals surface area contributed by atoms with Crippen molar-refractivity contribution in [2.45, 2.75) is 32.6 Å². The van der Waals surface area contributed by atoms with Crippen LogP contribution in [0.4, 0.5) is 11.8 Å². The van der Waals surface area contributed by atoms with Gasteiger partial charge in [0.15, 0.2) is 0 Å². The number of carbonyl (C=O) groups excluding carboxylic acids is 1. The highest BCUT2D eigenvalue weighted by Gasteiger charge is 2.41. The van der Waals surface area contributed by atoms with Crippen molar-refractivity contribution < 1.29 is 9.53 Å². The fourth-order valence-electron chi connectivity index (χ4n) is 4.39. The number of nitrogens with zero attached hydrogens (tertiary/aromatic N) is 3. The summed E-state index contributed by atoms with van der Waals surface area (Å²) in [4.78, 5) is 35.5. The Kier molecular flexibility index (Phi) is 5.44. The Bertz CT molecular complexity index is 1060. The second-order valence-electron chi connectivity index (χ2n) is 7.89. The number of H-pyrrole nitrogens is 1. The number of anilines is 2. The molecule has 30 heavy (non-hydrogen) atoms. The van der Waals surface area contributed by atoms with Crippen LogP contribution in [-0.4, -0.2) is 35.6 Å². The molecule has 3 unspecified atom stereocenters. The van der Waals surface area contributed by atoms with Gasteiger partial charge in [-0.05, 0) is 31.7 Å². The van der Waals surface area contributed by atoms with Gasteiger partial charge in [0.1, 0.15) is 17.5 Å². The molecule has 8 nitrogen and oxygen atoms in total. The number of carbonyl (C=O) groups is 1. The Labute approximate surface area is 174 Å². The molecule has 2 aliphatic rings. The molecule has 1 aromatic heterocycles. The molecule has 1 fully saturated rings. The van der Waals surface area contributed by atoms with Gasteiger partial charge >= 0.3 is 0 Å². The van der Waals surface area contributed by atoms with Crippen LogP contribution >= 0.6 is 0 Å². The molecular formula is C22H25N5O3. The summed E-state index contributed by atoms with van der Waals surface area (Å²) in [5.74, 6) is -0.535. The highest BCUT2D eigenvalue weighted by atomic mass is 16.5. The van der Waals surface area contributed by atoms with Crippen molar-refractivity contribution in [2.24, 2.45) is 11.8 Å². The molecule has 156 valence electrons. The van der Waals surface area contributed by atoms with E-state index in [0.717, 1.165) is 25.9 Å². The number of rotatable bonds is 4. The van der Waals surface area contributed by atoms with Crippen LogP contribution in [0.15, 0.2) is 29.1 Å². The topological polar surface area (TPSA) is 111 Å². The molecule has 0 aliphatic carbocycles. The largest absolute Gasteiger partial charge is 0.494 e. The van der Waals surface area contributed by atoms with Gasteiger partial charge < -0.3 is 15.0 Å². The molecule has 3 heterocycles. The van der Waals surface area contributed by atoms with Crippen LogP contribution in [0.25, 0.3) is 0 Å². The SMILES string of the molecule is CCOc1ccccc1C1c2c(nc(N3CCCC(C)C3)[nH]c2=O)NC(=O)C1C#N. The third-order valence-corrected chi connectivity index (χ3v) is 5.76. The molecule has 8 heteroatoms. The molecule has 1 amide bonds. The Balaban J connectivity index is 1.85. The van der Waals surface area contributed by atoms with Crippen molar-refractivity contribution in [1.82, 2.24) is 9.97 Å². The first-order chi connectivity index (χ1) is 14.5. The van der Waals surface area contributed by atoms with Gasteiger partial charge in [0.25, 0.3) is 5.56 Å². The normalized spacial score (nSPS) is 23.3. The van der Waals surface area contributed by atoms with Gasteiger partial charge in [0.05, 0.1) is 18.2 Å². The van der Waals surface area contributed by atoms with Gasteiger partial charge in [-0.15, -0.1) is 0 Å². The molecule has 0 saturated carbocycles. The minimum Gasteiger partial charge on any atom is -0.494 e. The highest BCUT2D eigenvalue weighted by Crippen LogP contribution is 2.41. The minimum absolute atomic E-state index is 0.222. The number of hydrogen-bond donors (Lipinski definition) is 2. The van der Waals surface area contributed by atoms with Gasteiger partial charge in [0.2, 0.25) is 11.9 Å². The Morgan fingerprint density at radius 1 is 1.33 bits per heavy atom. The summed E-state index contributed by atoms with van der Waals surface area (Å²) >= 11 is 0. The first-order valence-electron chi connectivity index (χ1n) is 10.3. The number of benzene rings is 1. The van der Waals surface area contributed by atoms with Crippen molar-refractivity contribution in [3.8, 4) is 11.8 Å². The number of hydrogen-bond acceptors (Lipinski definition) is 6. The summed E-state index contributed by atoms with van der Waals surface area (Å²) < 4.78 is 5.72. The lowest BCUT2D eigenvalue weighted by atomic mass is 9.79. The van der Waals surface area contributed by atoms with Crippen molar-refractivity contribution in [1.29, 1.82) is 5.26 Å². The van der Waals surface area contributed by atoms with Gasteiger partial charge in [-0.25, -0.2) is 0 Å². The maximum absolute atomic E-state index is 13.2. The van der Waals surface area contributed by atoms with Crippen LogP contribution in [-0.2, 0) is 4.79 Å². The predicted molar refractivity (Wildman–Crippen MR) is 113 cm³/mol. The lowest BCUT2D eigenvalue weighted by Gasteiger charge is -2.33. The number of amides is 1. The molecule has 3 atom stereocenters. The van der Waals surface area contributed by atoms with Crippen LogP contribution in [0.5, 0.6) is 5.75 Å². The summed E-state index contributed by atoms with van der Waals surface area (Å²) in [6.45, 7) is 6.06. The Morgan fingerprint density at radius 3 is 2.87 bits per heavy atom. The maximum atomic E-state index is 13.2. The summed E-state index contributed by atoms with van der Waals surface area (Å²) in [5.41, 5.74) is 0.584. The van der Waals surface area contributed by atoms with Crippen LogP contribution in [0.1, 0.15) is 43.7 Å². The van der Waals surface area contributed by atoms with Crippen LogP contribution < -0.4 is 20.5 Å². The number of ether oxygens (including phenoxy) is 1. The van der Waals surface area contributed by atoms with E-state index in [-0.39, 0.29) is 11.4 Å². The van der Waals surface area contributed by atoms with Gasteiger partial charge in [-0.1, -0.05) is 25.1 Å². The molecule has 4 rings (SSSR count). The van der Waals surface area contributed by atoms with E-state index in [1.165, 1.54) is 0 Å². The monoisotopic (exact) mass is 407 g/mol. The van der Waals surface area contributed by atoms with Crippen LogP contribution in [0, 0.1) is 23.2 Å². The van der Waals surface area contributed by atoms with E-state index in [1.54, 1.807) is 12.1 Å². The second kappa shape index (κ2) is 8.19. The molecule has 0 spiro atoms. The lowest BCUT2D eigenvalue weighted by Crippen LogP contribution is -2.41. The number of aromatic nitrogens is 2. The summed E-state index contributed by atoms with van der Waals surface area (Å²) in [5, 5.41) is 12.4. The Morgan fingerprint density at radius 2 is 2.13 bits per heavy atom. The first kappa shape index (κ1) is 20.0. The zero-order chi connectivity index (χ0) is 21.3. The van der Waals surface area contributed by atoms with Crippen molar-refractivity contribution in [3.63, 3.8) is 0 Å². The summed E-state index contributed by atoms with van der Waals surface area (Å²) in [7, 11) is 0. The predicted octanol–water partition coefficient (Wildman–Crippen LogP) is 2.63. The van der Waals surface area contributed by atoms with E-state index in [2.05, 4.69) is 28.3 Å².